The van der Waals surface area contributed by atoms with E-state index in [1.807, 2.05) is 26.0 Å². The number of rotatable bonds is 14. The largest absolute Gasteiger partial charge is 0.459 e. The van der Waals surface area contributed by atoms with Crippen LogP contribution in [0.5, 0.6) is 0 Å². The Bertz CT molecular complexity index is 1140. The lowest BCUT2D eigenvalue weighted by Gasteiger charge is -2.39. The van der Waals surface area contributed by atoms with Crippen LogP contribution in [0.3, 0.4) is 0 Å². The lowest BCUT2D eigenvalue weighted by Crippen LogP contribution is -2.52. The summed E-state index contributed by atoms with van der Waals surface area (Å²) in [5.74, 6) is -0.827. The molecule has 3 aliphatic heterocycles. The Kier molecular flexibility index (Phi) is 14.2. The van der Waals surface area contributed by atoms with Crippen LogP contribution in [0.2, 0.25) is 0 Å². The van der Waals surface area contributed by atoms with Gasteiger partial charge in [-0.1, -0.05) is 46.7 Å². The molecule has 45 heavy (non-hydrogen) atoms. The van der Waals surface area contributed by atoms with E-state index in [2.05, 4.69) is 44.9 Å². The zero-order chi connectivity index (χ0) is 33.1. The Balaban J connectivity index is 1.47. The molecule has 3 rings (SSSR count). The Morgan fingerprint density at radius 3 is 2.51 bits per heavy atom. The molecule has 12 nitrogen and oxygen atoms in total. The number of esters is 1. The van der Waals surface area contributed by atoms with Crippen molar-refractivity contribution in [3.8, 4) is 0 Å². The first kappa shape index (κ1) is 36.9. The maximum atomic E-state index is 12.4. The third kappa shape index (κ3) is 11.9. The Morgan fingerprint density at radius 1 is 1.11 bits per heavy atom. The number of carbonyl (C=O) groups excluding carboxylic acids is 4. The molecule has 0 radical (unpaired) electrons. The Morgan fingerprint density at radius 2 is 1.84 bits per heavy atom. The summed E-state index contributed by atoms with van der Waals surface area (Å²) in [5.41, 5.74) is 0.331. The van der Waals surface area contributed by atoms with Gasteiger partial charge in [0.2, 0.25) is 17.7 Å². The van der Waals surface area contributed by atoms with Crippen LogP contribution in [0.15, 0.2) is 36.0 Å². The monoisotopic (exact) mass is 697 g/mol. The molecular weight excluding hydrogens is 650 g/mol. The lowest BCUT2D eigenvalue weighted by molar-refractivity contribution is -0.143. The topological polar surface area (TPSA) is 165 Å². The van der Waals surface area contributed by atoms with Crippen LogP contribution in [0, 0.1) is 5.92 Å². The predicted octanol–water partition coefficient (Wildman–Crippen LogP) is 1.99. The minimum absolute atomic E-state index is 0.0172. The zero-order valence-corrected chi connectivity index (χ0v) is 28.3. The molecule has 252 valence electrons. The molecule has 9 unspecified atom stereocenters. The normalized spacial score (nSPS) is 32.3. The summed E-state index contributed by atoms with van der Waals surface area (Å²) in [5, 5.41) is 19.6. The highest BCUT2D eigenvalue weighted by Crippen LogP contribution is 2.42. The van der Waals surface area contributed by atoms with E-state index in [9.17, 15) is 24.3 Å². The van der Waals surface area contributed by atoms with E-state index in [1.165, 1.54) is 13.0 Å². The molecule has 0 saturated carbocycles. The van der Waals surface area contributed by atoms with Crippen LogP contribution < -0.4 is 16.0 Å². The van der Waals surface area contributed by atoms with Gasteiger partial charge < -0.3 is 40.0 Å². The van der Waals surface area contributed by atoms with Gasteiger partial charge in [0.05, 0.1) is 36.3 Å². The van der Waals surface area contributed by atoms with Gasteiger partial charge >= 0.3 is 5.97 Å². The summed E-state index contributed by atoms with van der Waals surface area (Å²) in [6.45, 7) is 10.0. The number of epoxide rings is 1. The van der Waals surface area contributed by atoms with Crippen LogP contribution in [0.4, 0.5) is 0 Å². The van der Waals surface area contributed by atoms with Crippen molar-refractivity contribution in [3.05, 3.63) is 36.0 Å². The average molecular weight is 699 g/mol. The fraction of sp³-hybridized carbons (Fsp3) is 0.688. The summed E-state index contributed by atoms with van der Waals surface area (Å²) in [6, 6.07) is -0.137. The van der Waals surface area contributed by atoms with Crippen LogP contribution in [-0.2, 0) is 38.1 Å². The number of allylic oxidation sites excluding steroid dienone is 2. The first-order valence-electron chi connectivity index (χ1n) is 15.5. The molecule has 1 spiro atoms. The van der Waals surface area contributed by atoms with Crippen molar-refractivity contribution in [2.45, 2.75) is 109 Å². The second-order valence-corrected chi connectivity index (χ2v) is 12.7. The first-order chi connectivity index (χ1) is 21.3. The fourth-order valence-electron chi connectivity index (χ4n) is 5.57. The molecular formula is C32H48BrN3O9. The number of nitrogens with one attached hydrogen (secondary N) is 3. The Hall–Kier alpha value is -2.58. The molecule has 3 aliphatic rings. The smallest absolute Gasteiger partial charge is 0.303 e. The highest BCUT2D eigenvalue weighted by Gasteiger charge is 2.58. The molecule has 3 fully saturated rings. The molecule has 0 bridgehead atoms. The van der Waals surface area contributed by atoms with Crippen LogP contribution in [-0.4, -0.2) is 102 Å². The summed E-state index contributed by atoms with van der Waals surface area (Å²) in [7, 11) is 0. The molecule has 4 N–H and O–H groups in total. The van der Waals surface area contributed by atoms with Crippen LogP contribution in [0.1, 0.15) is 60.3 Å². The van der Waals surface area contributed by atoms with Gasteiger partial charge in [-0.15, -0.1) is 0 Å². The SMILES string of the molecule is CC(=O)OC(C)C=CC(=O)NC1CC(C)C(CC=C(C)C=CC2OC(CNC(=O)CCNC(=O)CBr)CC3(CO3)C2O)OC1C. The zero-order valence-electron chi connectivity index (χ0n) is 26.8. The van der Waals surface area contributed by atoms with Crippen molar-refractivity contribution in [1.82, 2.24) is 16.0 Å². The number of ether oxygens (including phenoxy) is 4. The Labute approximate surface area is 273 Å². The summed E-state index contributed by atoms with van der Waals surface area (Å²) in [6.07, 6.45) is 8.45. The molecule has 3 heterocycles. The van der Waals surface area contributed by atoms with Crippen molar-refractivity contribution < 1.29 is 43.2 Å². The van der Waals surface area contributed by atoms with E-state index in [1.54, 1.807) is 13.0 Å². The lowest BCUT2D eigenvalue weighted by atomic mass is 9.87. The second kappa shape index (κ2) is 17.4. The van der Waals surface area contributed by atoms with E-state index in [4.69, 9.17) is 18.9 Å². The van der Waals surface area contributed by atoms with Gasteiger partial charge in [0.15, 0.2) is 0 Å². The maximum Gasteiger partial charge on any atom is 0.303 e. The van der Waals surface area contributed by atoms with Gasteiger partial charge in [0, 0.05) is 38.9 Å². The standard InChI is InChI=1S/C32H48BrN3O9/c1-19(6-9-26-20(2)14-25(22(4)44-26)36-29(39)11-8-21(3)43-23(5)37)7-10-27-31(41)32(18-42-32)15-24(45-27)17-35-28(38)12-13-34-30(40)16-33/h6-8,10-11,20-22,24-27,31,41H,9,12-18H2,1-5H3,(H,34,40)(H,35,38)(H,36,39). The van der Waals surface area contributed by atoms with Crippen LogP contribution >= 0.6 is 15.9 Å². The molecule has 3 amide bonds. The molecule has 0 aromatic carbocycles. The van der Waals surface area contributed by atoms with Gasteiger partial charge in [0.1, 0.15) is 23.9 Å². The number of hydrogen-bond acceptors (Lipinski definition) is 9. The highest BCUT2D eigenvalue weighted by molar-refractivity contribution is 9.09. The summed E-state index contributed by atoms with van der Waals surface area (Å²) >= 11 is 3.07. The van der Waals surface area contributed by atoms with Crippen molar-refractivity contribution in [3.63, 3.8) is 0 Å². The van der Waals surface area contributed by atoms with Crippen molar-refractivity contribution in [2.75, 3.05) is 25.0 Å². The van der Waals surface area contributed by atoms with Gasteiger partial charge in [-0.3, -0.25) is 19.2 Å². The third-order valence-electron chi connectivity index (χ3n) is 8.25. The number of aliphatic hydroxyl groups is 1. The van der Waals surface area contributed by atoms with Gasteiger partial charge in [0.25, 0.3) is 0 Å². The molecule has 0 aromatic rings. The number of alkyl halides is 1. The van der Waals surface area contributed by atoms with E-state index >= 15 is 0 Å². The van der Waals surface area contributed by atoms with Crippen LogP contribution in [0.25, 0.3) is 0 Å². The summed E-state index contributed by atoms with van der Waals surface area (Å²) in [4.78, 5) is 47.0. The quantitative estimate of drug-likeness (QED) is 0.0699. The van der Waals surface area contributed by atoms with Crippen molar-refractivity contribution in [1.29, 1.82) is 0 Å². The highest BCUT2D eigenvalue weighted by atomic mass is 79.9. The fourth-order valence-corrected chi connectivity index (χ4v) is 5.76. The first-order valence-corrected chi connectivity index (χ1v) is 16.7. The van der Waals surface area contributed by atoms with E-state index in [-0.39, 0.29) is 72.8 Å². The van der Waals surface area contributed by atoms with E-state index in [0.29, 0.717) is 19.4 Å². The van der Waals surface area contributed by atoms with Gasteiger partial charge in [-0.2, -0.15) is 0 Å². The third-order valence-corrected chi connectivity index (χ3v) is 8.76. The number of hydrogen-bond donors (Lipinski definition) is 4. The van der Waals surface area contributed by atoms with Gasteiger partial charge in [-0.05, 0) is 45.6 Å². The molecule has 9 atom stereocenters. The number of halogens is 1. The number of amides is 3. The van der Waals surface area contributed by atoms with Crippen molar-refractivity contribution >= 4 is 39.6 Å². The predicted molar refractivity (Wildman–Crippen MR) is 170 cm³/mol. The summed E-state index contributed by atoms with van der Waals surface area (Å²) < 4.78 is 23.1. The number of carbonyl (C=O) groups is 4. The maximum absolute atomic E-state index is 12.4. The number of aliphatic hydroxyl groups excluding tert-OH is 1. The minimum atomic E-state index is -0.817. The van der Waals surface area contributed by atoms with Gasteiger partial charge in [-0.25, -0.2) is 0 Å². The van der Waals surface area contributed by atoms with E-state index < -0.39 is 29.9 Å². The second-order valence-electron chi connectivity index (χ2n) is 12.2. The molecule has 0 aromatic heterocycles. The molecule has 3 saturated heterocycles. The average Bonchev–Trinajstić information content (AvgIpc) is 3.76. The minimum Gasteiger partial charge on any atom is -0.459 e. The molecule has 13 heteroatoms. The van der Waals surface area contributed by atoms with Crippen molar-refractivity contribution in [2.24, 2.45) is 5.92 Å². The van der Waals surface area contributed by atoms with E-state index in [0.717, 1.165) is 12.0 Å². The molecule has 0 aliphatic carbocycles.